The van der Waals surface area contributed by atoms with Crippen molar-refractivity contribution in [2.45, 2.75) is 39.5 Å². The highest BCUT2D eigenvalue weighted by molar-refractivity contribution is 14.0. The van der Waals surface area contributed by atoms with Crippen molar-refractivity contribution in [3.63, 3.8) is 0 Å². The van der Waals surface area contributed by atoms with E-state index in [0.29, 0.717) is 5.96 Å². The fourth-order valence-electron chi connectivity index (χ4n) is 1.42. The molecule has 1 aromatic heterocycles. The standard InChI is InChI=1S/C12H22N4S.HI/c1-3-7-14-12(13)15-8-5-4-6-11-16-10(2)9-17-11;/h9H,3-8H2,1-2H3,(H3,13,14,15);1H. The number of aromatic nitrogens is 1. The average molecular weight is 382 g/mol. The van der Waals surface area contributed by atoms with Crippen molar-refractivity contribution in [1.82, 2.24) is 10.3 Å². The molecule has 0 aliphatic carbocycles. The molecule has 0 saturated heterocycles. The summed E-state index contributed by atoms with van der Waals surface area (Å²) in [6.45, 7) is 5.82. The fourth-order valence-corrected chi connectivity index (χ4v) is 2.24. The number of unbranched alkanes of at least 4 members (excludes halogenated alkanes) is 1. The van der Waals surface area contributed by atoms with Gasteiger partial charge < -0.3 is 11.1 Å². The molecular formula is C12H23IN4S. The summed E-state index contributed by atoms with van der Waals surface area (Å²) in [5.74, 6) is 0.567. The molecule has 0 aromatic carbocycles. The first-order valence-electron chi connectivity index (χ1n) is 6.17. The maximum Gasteiger partial charge on any atom is 0.188 e. The molecule has 4 nitrogen and oxygen atoms in total. The summed E-state index contributed by atoms with van der Waals surface area (Å²) in [6.07, 6.45) is 4.33. The van der Waals surface area contributed by atoms with Gasteiger partial charge in [0.2, 0.25) is 0 Å². The molecule has 0 unspecified atom stereocenters. The lowest BCUT2D eigenvalue weighted by molar-refractivity contribution is 0.702. The van der Waals surface area contributed by atoms with E-state index in [1.807, 2.05) is 6.92 Å². The van der Waals surface area contributed by atoms with E-state index in [2.05, 4.69) is 27.6 Å². The predicted molar refractivity (Wildman–Crippen MR) is 90.0 cm³/mol. The van der Waals surface area contributed by atoms with Crippen LogP contribution in [0.5, 0.6) is 0 Å². The van der Waals surface area contributed by atoms with Crippen molar-refractivity contribution < 1.29 is 0 Å². The smallest absolute Gasteiger partial charge is 0.188 e. The van der Waals surface area contributed by atoms with Gasteiger partial charge >= 0.3 is 0 Å². The number of rotatable bonds is 7. The van der Waals surface area contributed by atoms with Crippen LogP contribution in [0.1, 0.15) is 36.9 Å². The van der Waals surface area contributed by atoms with Crippen LogP contribution in [0, 0.1) is 6.92 Å². The van der Waals surface area contributed by atoms with Gasteiger partial charge in [0.05, 0.1) is 5.01 Å². The van der Waals surface area contributed by atoms with Gasteiger partial charge in [0.25, 0.3) is 0 Å². The zero-order valence-electron chi connectivity index (χ0n) is 11.1. The summed E-state index contributed by atoms with van der Waals surface area (Å²) in [4.78, 5) is 8.61. The largest absolute Gasteiger partial charge is 0.370 e. The number of aryl methyl sites for hydroxylation is 2. The van der Waals surface area contributed by atoms with Gasteiger partial charge in [0.1, 0.15) is 0 Å². The Bertz CT molecular complexity index is 352. The molecule has 6 heteroatoms. The second-order valence-corrected chi connectivity index (χ2v) is 4.98. The van der Waals surface area contributed by atoms with Crippen LogP contribution in [0.2, 0.25) is 0 Å². The number of nitrogens with two attached hydrogens (primary N) is 1. The van der Waals surface area contributed by atoms with E-state index in [1.165, 1.54) is 5.01 Å². The lowest BCUT2D eigenvalue weighted by Gasteiger charge is -2.04. The monoisotopic (exact) mass is 382 g/mol. The first kappa shape index (κ1) is 17.6. The van der Waals surface area contributed by atoms with E-state index in [1.54, 1.807) is 11.3 Å². The lowest BCUT2D eigenvalue weighted by atomic mass is 10.2. The Balaban J connectivity index is 0.00000289. The molecule has 3 N–H and O–H groups in total. The topological polar surface area (TPSA) is 63.3 Å². The molecule has 0 bridgehead atoms. The summed E-state index contributed by atoms with van der Waals surface area (Å²) in [6, 6.07) is 0. The minimum Gasteiger partial charge on any atom is -0.370 e. The third-order valence-electron chi connectivity index (χ3n) is 2.30. The zero-order chi connectivity index (χ0) is 12.5. The number of hydrogen-bond acceptors (Lipinski definition) is 3. The molecule has 0 amide bonds. The molecule has 1 aromatic rings. The van der Waals surface area contributed by atoms with Crippen LogP contribution in [-0.4, -0.2) is 24.0 Å². The minimum absolute atomic E-state index is 0. The Morgan fingerprint density at radius 2 is 2.28 bits per heavy atom. The van der Waals surface area contributed by atoms with Gasteiger partial charge in [0, 0.05) is 24.2 Å². The van der Waals surface area contributed by atoms with Gasteiger partial charge in [-0.25, -0.2) is 4.98 Å². The van der Waals surface area contributed by atoms with Gasteiger partial charge in [-0.15, -0.1) is 35.3 Å². The number of hydrogen-bond donors (Lipinski definition) is 2. The van der Waals surface area contributed by atoms with Gasteiger partial charge in [-0.3, -0.25) is 4.99 Å². The highest BCUT2D eigenvalue weighted by Crippen LogP contribution is 2.11. The van der Waals surface area contributed by atoms with E-state index in [0.717, 1.165) is 44.5 Å². The summed E-state index contributed by atoms with van der Waals surface area (Å²) in [5.41, 5.74) is 6.81. The quantitative estimate of drug-likeness (QED) is 0.330. The number of thiazole rings is 1. The molecular weight excluding hydrogens is 359 g/mol. The van der Waals surface area contributed by atoms with Crippen molar-refractivity contribution in [2.24, 2.45) is 10.7 Å². The van der Waals surface area contributed by atoms with Crippen LogP contribution in [-0.2, 0) is 6.42 Å². The highest BCUT2D eigenvalue weighted by Gasteiger charge is 1.98. The van der Waals surface area contributed by atoms with E-state index in [-0.39, 0.29) is 24.0 Å². The molecule has 18 heavy (non-hydrogen) atoms. The second kappa shape index (κ2) is 10.5. The number of aliphatic imine (C=N–C) groups is 1. The van der Waals surface area contributed by atoms with Gasteiger partial charge in [0.15, 0.2) is 5.96 Å². The second-order valence-electron chi connectivity index (χ2n) is 4.03. The molecule has 104 valence electrons. The molecule has 1 heterocycles. The van der Waals surface area contributed by atoms with Crippen LogP contribution in [0.3, 0.4) is 0 Å². The number of nitrogens with zero attached hydrogens (tertiary/aromatic N) is 2. The molecule has 0 fully saturated rings. The van der Waals surface area contributed by atoms with Crippen LogP contribution >= 0.6 is 35.3 Å². The van der Waals surface area contributed by atoms with Crippen LogP contribution in [0.15, 0.2) is 10.4 Å². The Hall–Kier alpha value is -0.370. The van der Waals surface area contributed by atoms with Crippen LogP contribution < -0.4 is 11.1 Å². The molecule has 0 atom stereocenters. The Labute approximate surface area is 131 Å². The van der Waals surface area contributed by atoms with E-state index in [4.69, 9.17) is 5.73 Å². The Morgan fingerprint density at radius 3 is 2.89 bits per heavy atom. The normalized spacial score (nSPS) is 11.1. The molecule has 0 spiro atoms. The van der Waals surface area contributed by atoms with E-state index in [9.17, 15) is 0 Å². The lowest BCUT2D eigenvalue weighted by Crippen LogP contribution is -2.32. The van der Waals surface area contributed by atoms with Crippen molar-refractivity contribution in [3.8, 4) is 0 Å². The minimum atomic E-state index is 0. The molecule has 0 saturated carbocycles. The van der Waals surface area contributed by atoms with Gasteiger partial charge in [-0.2, -0.15) is 0 Å². The van der Waals surface area contributed by atoms with E-state index < -0.39 is 0 Å². The number of halogens is 1. The van der Waals surface area contributed by atoms with Gasteiger partial charge in [-0.1, -0.05) is 6.92 Å². The Kier molecular flexibility index (Phi) is 10.3. The summed E-state index contributed by atoms with van der Waals surface area (Å²) >= 11 is 1.75. The first-order chi connectivity index (χ1) is 8.22. The van der Waals surface area contributed by atoms with E-state index >= 15 is 0 Å². The maximum atomic E-state index is 5.69. The summed E-state index contributed by atoms with van der Waals surface area (Å²) in [5, 5.41) is 6.45. The van der Waals surface area contributed by atoms with Crippen LogP contribution in [0.4, 0.5) is 0 Å². The number of nitrogens with one attached hydrogen (secondary N) is 1. The van der Waals surface area contributed by atoms with Crippen molar-refractivity contribution >= 4 is 41.3 Å². The molecule has 0 radical (unpaired) electrons. The third kappa shape index (κ3) is 7.86. The first-order valence-corrected chi connectivity index (χ1v) is 7.05. The third-order valence-corrected chi connectivity index (χ3v) is 3.32. The van der Waals surface area contributed by atoms with Crippen molar-refractivity contribution in [1.29, 1.82) is 0 Å². The number of guanidine groups is 1. The molecule has 0 aliphatic rings. The fraction of sp³-hybridized carbons (Fsp3) is 0.667. The van der Waals surface area contributed by atoms with Crippen molar-refractivity contribution in [2.75, 3.05) is 13.1 Å². The van der Waals surface area contributed by atoms with Crippen LogP contribution in [0.25, 0.3) is 0 Å². The molecule has 0 aliphatic heterocycles. The maximum absolute atomic E-state index is 5.69. The molecule has 1 rings (SSSR count). The SMILES string of the molecule is CCCN=C(N)NCCCCc1nc(C)cs1.I. The summed E-state index contributed by atoms with van der Waals surface area (Å²) in [7, 11) is 0. The Morgan fingerprint density at radius 1 is 1.50 bits per heavy atom. The highest BCUT2D eigenvalue weighted by atomic mass is 127. The predicted octanol–water partition coefficient (Wildman–Crippen LogP) is 2.71. The zero-order valence-corrected chi connectivity index (χ0v) is 14.3. The van der Waals surface area contributed by atoms with Crippen molar-refractivity contribution in [3.05, 3.63) is 16.1 Å². The average Bonchev–Trinajstić information content (AvgIpc) is 2.72. The van der Waals surface area contributed by atoms with Gasteiger partial charge in [-0.05, 0) is 32.6 Å². The summed E-state index contributed by atoms with van der Waals surface area (Å²) < 4.78 is 0.